The van der Waals surface area contributed by atoms with Crippen molar-refractivity contribution >= 4 is 33.0 Å². The van der Waals surface area contributed by atoms with Gasteiger partial charge in [-0.15, -0.1) is 11.3 Å². The molecule has 2 heterocycles. The normalized spacial score (nSPS) is 19.1. The highest BCUT2D eigenvalue weighted by Gasteiger charge is 2.27. The van der Waals surface area contributed by atoms with Crippen molar-refractivity contribution in [3.05, 3.63) is 28.6 Å². The van der Waals surface area contributed by atoms with Crippen molar-refractivity contribution in [3.8, 4) is 0 Å². The van der Waals surface area contributed by atoms with E-state index in [-0.39, 0.29) is 12.0 Å². The predicted molar refractivity (Wildman–Crippen MR) is 86.9 cm³/mol. The van der Waals surface area contributed by atoms with Crippen LogP contribution in [0, 0.1) is 6.92 Å². The molecule has 112 valence electrons. The zero-order chi connectivity index (χ0) is 15.0. The number of benzene rings is 1. The molecule has 1 aromatic carbocycles. The molecule has 0 radical (unpaired) electrons. The Morgan fingerprint density at radius 1 is 1.52 bits per heavy atom. The third-order valence-corrected chi connectivity index (χ3v) is 5.37. The summed E-state index contributed by atoms with van der Waals surface area (Å²) in [5, 5.41) is 0.989. The number of thiophene rings is 1. The standard InChI is InChI=1S/C16H20N2O2S/c1-3-11-9-18(7-8-20-11)16(19)15-13(17)12-6-4-5-10(2)14(12)21-15/h4-6,11H,3,7-9,17H2,1-2H3. The third-order valence-electron chi connectivity index (χ3n) is 4.03. The van der Waals surface area contributed by atoms with E-state index in [4.69, 9.17) is 10.5 Å². The van der Waals surface area contributed by atoms with Crippen LogP contribution >= 0.6 is 11.3 Å². The zero-order valence-electron chi connectivity index (χ0n) is 12.4. The number of morpholine rings is 1. The fraction of sp³-hybridized carbons (Fsp3) is 0.438. The molecule has 1 fully saturated rings. The van der Waals surface area contributed by atoms with Gasteiger partial charge in [-0.2, -0.15) is 0 Å². The van der Waals surface area contributed by atoms with Gasteiger partial charge in [-0.1, -0.05) is 25.1 Å². The van der Waals surface area contributed by atoms with Crippen LogP contribution in [0.2, 0.25) is 0 Å². The van der Waals surface area contributed by atoms with Crippen LogP contribution in [0.15, 0.2) is 18.2 Å². The first-order chi connectivity index (χ1) is 10.1. The number of aryl methyl sites for hydroxylation is 1. The van der Waals surface area contributed by atoms with E-state index in [0.29, 0.717) is 30.3 Å². The predicted octanol–water partition coefficient (Wildman–Crippen LogP) is 3.04. The molecule has 0 bridgehead atoms. The lowest BCUT2D eigenvalue weighted by Crippen LogP contribution is -2.45. The molecular formula is C16H20N2O2S. The van der Waals surface area contributed by atoms with Crippen LogP contribution in [0.25, 0.3) is 10.1 Å². The molecule has 1 saturated heterocycles. The van der Waals surface area contributed by atoms with Crippen molar-refractivity contribution < 1.29 is 9.53 Å². The van der Waals surface area contributed by atoms with Crippen molar-refractivity contribution in [1.82, 2.24) is 4.90 Å². The van der Waals surface area contributed by atoms with Gasteiger partial charge in [0.15, 0.2) is 0 Å². The highest BCUT2D eigenvalue weighted by atomic mass is 32.1. The van der Waals surface area contributed by atoms with E-state index in [1.54, 1.807) is 0 Å². The Labute approximate surface area is 128 Å². The van der Waals surface area contributed by atoms with Gasteiger partial charge in [0.1, 0.15) is 4.88 Å². The lowest BCUT2D eigenvalue weighted by Gasteiger charge is -2.32. The minimum Gasteiger partial charge on any atom is -0.397 e. The Bertz CT molecular complexity index is 680. The second kappa shape index (κ2) is 5.66. The zero-order valence-corrected chi connectivity index (χ0v) is 13.2. The Morgan fingerprint density at radius 2 is 2.33 bits per heavy atom. The molecule has 1 aliphatic heterocycles. The summed E-state index contributed by atoms with van der Waals surface area (Å²) >= 11 is 1.50. The van der Waals surface area contributed by atoms with Crippen LogP contribution in [-0.4, -0.2) is 36.6 Å². The van der Waals surface area contributed by atoms with Crippen LogP contribution in [0.4, 0.5) is 5.69 Å². The number of nitrogen functional groups attached to an aromatic ring is 1. The van der Waals surface area contributed by atoms with E-state index >= 15 is 0 Å². The van der Waals surface area contributed by atoms with E-state index in [9.17, 15) is 4.79 Å². The maximum Gasteiger partial charge on any atom is 0.266 e. The second-order valence-corrected chi connectivity index (χ2v) is 6.47. The van der Waals surface area contributed by atoms with Crippen molar-refractivity contribution in [3.63, 3.8) is 0 Å². The van der Waals surface area contributed by atoms with E-state index in [0.717, 1.165) is 22.1 Å². The molecule has 4 nitrogen and oxygen atoms in total. The molecule has 3 rings (SSSR count). The Morgan fingerprint density at radius 3 is 3.05 bits per heavy atom. The topological polar surface area (TPSA) is 55.6 Å². The van der Waals surface area contributed by atoms with Crippen LogP contribution in [0.5, 0.6) is 0 Å². The molecule has 1 aromatic heterocycles. The van der Waals surface area contributed by atoms with E-state index in [1.165, 1.54) is 11.3 Å². The smallest absolute Gasteiger partial charge is 0.266 e. The van der Waals surface area contributed by atoms with Gasteiger partial charge in [0.2, 0.25) is 0 Å². The van der Waals surface area contributed by atoms with Crippen LogP contribution in [0.3, 0.4) is 0 Å². The van der Waals surface area contributed by atoms with Crippen molar-refractivity contribution in [1.29, 1.82) is 0 Å². The molecule has 0 spiro atoms. The summed E-state index contributed by atoms with van der Waals surface area (Å²) in [7, 11) is 0. The fourth-order valence-electron chi connectivity index (χ4n) is 2.73. The number of hydrogen-bond acceptors (Lipinski definition) is 4. The number of carbonyl (C=O) groups is 1. The number of ether oxygens (including phenoxy) is 1. The number of amides is 1. The molecule has 5 heteroatoms. The average molecular weight is 304 g/mol. The molecule has 1 aliphatic rings. The maximum absolute atomic E-state index is 12.8. The Hall–Kier alpha value is -1.59. The van der Waals surface area contributed by atoms with Crippen molar-refractivity contribution in [2.75, 3.05) is 25.4 Å². The summed E-state index contributed by atoms with van der Waals surface area (Å²) in [6.07, 6.45) is 1.06. The molecule has 0 aliphatic carbocycles. The first kappa shape index (κ1) is 14.4. The lowest BCUT2D eigenvalue weighted by atomic mass is 10.1. The number of rotatable bonds is 2. The molecule has 21 heavy (non-hydrogen) atoms. The largest absolute Gasteiger partial charge is 0.397 e. The molecule has 1 unspecified atom stereocenters. The molecule has 2 N–H and O–H groups in total. The van der Waals surface area contributed by atoms with Gasteiger partial charge in [-0.05, 0) is 18.9 Å². The summed E-state index contributed by atoms with van der Waals surface area (Å²) in [6.45, 7) is 6.03. The maximum atomic E-state index is 12.8. The minimum atomic E-state index is 0.0369. The number of anilines is 1. The average Bonchev–Trinajstić information content (AvgIpc) is 2.85. The number of nitrogens with two attached hydrogens (primary N) is 1. The Balaban J connectivity index is 1.94. The number of nitrogens with zero attached hydrogens (tertiary/aromatic N) is 1. The third kappa shape index (κ3) is 2.51. The molecular weight excluding hydrogens is 284 g/mol. The van der Waals surface area contributed by atoms with Crippen LogP contribution in [-0.2, 0) is 4.74 Å². The SMILES string of the molecule is CCC1CN(C(=O)c2sc3c(C)cccc3c2N)CCO1. The van der Waals surface area contributed by atoms with Gasteiger partial charge < -0.3 is 15.4 Å². The van der Waals surface area contributed by atoms with E-state index < -0.39 is 0 Å². The first-order valence-electron chi connectivity index (χ1n) is 7.30. The van der Waals surface area contributed by atoms with Gasteiger partial charge in [0, 0.05) is 23.2 Å². The van der Waals surface area contributed by atoms with Gasteiger partial charge in [0.05, 0.1) is 18.4 Å². The quantitative estimate of drug-likeness (QED) is 0.928. The molecule has 1 atom stereocenters. The van der Waals surface area contributed by atoms with Gasteiger partial charge >= 0.3 is 0 Å². The first-order valence-corrected chi connectivity index (χ1v) is 8.12. The summed E-state index contributed by atoms with van der Waals surface area (Å²) in [5.74, 6) is 0.0369. The molecule has 2 aromatic rings. The highest BCUT2D eigenvalue weighted by Crippen LogP contribution is 2.36. The number of fused-ring (bicyclic) bond motifs is 1. The minimum absolute atomic E-state index is 0.0369. The lowest BCUT2D eigenvalue weighted by molar-refractivity contribution is -0.0224. The fourth-order valence-corrected chi connectivity index (χ4v) is 3.89. The van der Waals surface area contributed by atoms with Crippen LogP contribution in [0.1, 0.15) is 28.6 Å². The monoisotopic (exact) mass is 304 g/mol. The number of carbonyl (C=O) groups excluding carboxylic acids is 1. The van der Waals surface area contributed by atoms with Gasteiger partial charge in [-0.25, -0.2) is 0 Å². The van der Waals surface area contributed by atoms with Crippen LogP contribution < -0.4 is 5.73 Å². The summed E-state index contributed by atoms with van der Waals surface area (Å²) in [6, 6.07) is 6.02. The molecule has 0 saturated carbocycles. The number of hydrogen-bond donors (Lipinski definition) is 1. The summed E-state index contributed by atoms with van der Waals surface area (Å²) in [5.41, 5.74) is 7.99. The van der Waals surface area contributed by atoms with Gasteiger partial charge in [-0.3, -0.25) is 4.79 Å². The summed E-state index contributed by atoms with van der Waals surface area (Å²) < 4.78 is 6.74. The molecule has 1 amide bonds. The van der Waals surface area contributed by atoms with E-state index in [1.807, 2.05) is 30.0 Å². The second-order valence-electron chi connectivity index (χ2n) is 5.45. The Kier molecular flexibility index (Phi) is 3.87. The van der Waals surface area contributed by atoms with Crippen molar-refractivity contribution in [2.45, 2.75) is 26.4 Å². The van der Waals surface area contributed by atoms with Crippen molar-refractivity contribution in [2.24, 2.45) is 0 Å². The highest BCUT2D eigenvalue weighted by molar-refractivity contribution is 7.21. The van der Waals surface area contributed by atoms with Gasteiger partial charge in [0.25, 0.3) is 5.91 Å². The summed E-state index contributed by atoms with van der Waals surface area (Å²) in [4.78, 5) is 15.3. The van der Waals surface area contributed by atoms with E-state index in [2.05, 4.69) is 6.92 Å².